The number of azo groups is 1. The topological polar surface area (TPSA) is 124 Å². The lowest BCUT2D eigenvalue weighted by Crippen LogP contribution is -1.97. The van der Waals surface area contributed by atoms with Gasteiger partial charge in [0.25, 0.3) is 11.8 Å². The van der Waals surface area contributed by atoms with Crippen LogP contribution in [0.25, 0.3) is 10.8 Å². The number of phenols is 1. The van der Waals surface area contributed by atoms with Crippen LogP contribution in [0.15, 0.2) is 52.7 Å². The van der Waals surface area contributed by atoms with Gasteiger partial charge in [-0.2, -0.15) is 0 Å². The fraction of sp³-hybridized carbons (Fsp3) is 0.158. The van der Waals surface area contributed by atoms with E-state index in [1.807, 2.05) is 6.92 Å². The van der Waals surface area contributed by atoms with E-state index in [1.165, 1.54) is 47.0 Å². The van der Waals surface area contributed by atoms with Gasteiger partial charge in [-0.15, -0.1) is 10.2 Å². The molecule has 3 aromatic rings. The predicted octanol–water partition coefficient (Wildman–Crippen LogP) is 3.60. The van der Waals surface area contributed by atoms with Gasteiger partial charge in [0.05, 0.1) is 0 Å². The summed E-state index contributed by atoms with van der Waals surface area (Å²) in [6.07, 6.45) is 0.710. The molecule has 0 atom stereocenters. The minimum atomic E-state index is -0.758. The van der Waals surface area contributed by atoms with Crippen LogP contribution in [0.5, 0.6) is 17.5 Å². The number of hydrogen-bond acceptors (Lipinski definition) is 5. The lowest BCUT2D eigenvalue weighted by Gasteiger charge is -2.03. The van der Waals surface area contributed by atoms with Crippen molar-refractivity contribution in [2.75, 3.05) is 0 Å². The van der Waals surface area contributed by atoms with E-state index in [2.05, 4.69) is 10.2 Å². The SMILES string of the molecule is CCCn1c(O)c2ccc(C(=O)N=NC(=O)c3ccc(O)cc3)cc2c1O. The van der Waals surface area contributed by atoms with Gasteiger partial charge in [-0.1, -0.05) is 6.92 Å². The molecule has 0 saturated carbocycles. The second-order valence-electron chi connectivity index (χ2n) is 5.92. The summed E-state index contributed by atoms with van der Waals surface area (Å²) in [6, 6.07) is 9.71. The van der Waals surface area contributed by atoms with Gasteiger partial charge in [-0.25, -0.2) is 0 Å². The summed E-state index contributed by atoms with van der Waals surface area (Å²) in [5.74, 6) is -1.69. The summed E-state index contributed by atoms with van der Waals surface area (Å²) < 4.78 is 1.36. The molecule has 0 unspecified atom stereocenters. The molecule has 3 N–H and O–H groups in total. The molecular formula is C19H17N3O5. The third kappa shape index (κ3) is 3.50. The Morgan fingerprint density at radius 1 is 0.852 bits per heavy atom. The Hall–Kier alpha value is -3.68. The largest absolute Gasteiger partial charge is 0.508 e. The van der Waals surface area contributed by atoms with Crippen molar-refractivity contribution < 1.29 is 24.9 Å². The number of carbonyl (C=O) groups excluding carboxylic acids is 2. The average Bonchev–Trinajstić information content (AvgIpc) is 2.91. The first-order valence-electron chi connectivity index (χ1n) is 8.26. The van der Waals surface area contributed by atoms with Crippen LogP contribution in [-0.4, -0.2) is 31.7 Å². The molecule has 1 heterocycles. The zero-order valence-corrected chi connectivity index (χ0v) is 14.5. The van der Waals surface area contributed by atoms with Gasteiger partial charge in [0.1, 0.15) is 5.75 Å². The van der Waals surface area contributed by atoms with Crippen LogP contribution >= 0.6 is 0 Å². The number of phenolic OH excluding ortho intramolecular Hbond substituents is 1. The maximum atomic E-state index is 12.2. The first-order chi connectivity index (χ1) is 12.9. The lowest BCUT2D eigenvalue weighted by molar-refractivity contribution is 0.0947. The van der Waals surface area contributed by atoms with Crippen LogP contribution in [-0.2, 0) is 6.54 Å². The lowest BCUT2D eigenvalue weighted by atomic mass is 10.1. The van der Waals surface area contributed by atoms with Crippen molar-refractivity contribution in [2.24, 2.45) is 10.2 Å². The number of carbonyl (C=O) groups is 2. The highest BCUT2D eigenvalue weighted by Crippen LogP contribution is 2.36. The molecule has 8 nitrogen and oxygen atoms in total. The monoisotopic (exact) mass is 367 g/mol. The summed E-state index contributed by atoms with van der Waals surface area (Å²) in [6.45, 7) is 2.33. The number of fused-ring (bicyclic) bond motifs is 1. The Bertz CT molecular complexity index is 1050. The molecule has 138 valence electrons. The van der Waals surface area contributed by atoms with Crippen LogP contribution < -0.4 is 0 Å². The number of aromatic nitrogens is 1. The zero-order chi connectivity index (χ0) is 19.6. The number of benzene rings is 2. The smallest absolute Gasteiger partial charge is 0.295 e. The van der Waals surface area contributed by atoms with E-state index in [4.69, 9.17) is 0 Å². The molecule has 0 bridgehead atoms. The van der Waals surface area contributed by atoms with E-state index in [-0.39, 0.29) is 28.6 Å². The van der Waals surface area contributed by atoms with Crippen molar-refractivity contribution in [1.29, 1.82) is 0 Å². The molecule has 0 aliphatic rings. The number of hydrogen-bond donors (Lipinski definition) is 3. The van der Waals surface area contributed by atoms with Crippen LogP contribution in [0.1, 0.15) is 34.1 Å². The normalized spacial score (nSPS) is 11.3. The molecule has 1 aromatic heterocycles. The summed E-state index contributed by atoms with van der Waals surface area (Å²) in [7, 11) is 0. The van der Waals surface area contributed by atoms with Crippen LogP contribution in [0.3, 0.4) is 0 Å². The molecule has 0 saturated heterocycles. The third-order valence-electron chi connectivity index (χ3n) is 4.05. The van der Waals surface area contributed by atoms with Gasteiger partial charge in [-0.05, 0) is 48.9 Å². The Kier molecular flexibility index (Phi) is 4.89. The van der Waals surface area contributed by atoms with Crippen LogP contribution in [0.4, 0.5) is 0 Å². The van der Waals surface area contributed by atoms with Crippen molar-refractivity contribution in [1.82, 2.24) is 4.57 Å². The van der Waals surface area contributed by atoms with Gasteiger partial charge in [0, 0.05) is 28.4 Å². The standard InChI is InChI=1S/C19H17N3O5/c1-2-9-22-18(26)14-8-5-12(10-15(14)19(22)27)17(25)21-20-16(24)11-3-6-13(23)7-4-11/h3-8,10,23,26-27H,2,9H2,1H3. The minimum absolute atomic E-state index is 0.00550. The number of nitrogens with zero attached hydrogens (tertiary/aromatic N) is 3. The van der Waals surface area contributed by atoms with Crippen LogP contribution in [0, 0.1) is 0 Å². The van der Waals surface area contributed by atoms with Gasteiger partial charge in [0.2, 0.25) is 11.8 Å². The van der Waals surface area contributed by atoms with E-state index >= 15 is 0 Å². The van der Waals surface area contributed by atoms with Gasteiger partial charge in [-0.3, -0.25) is 14.2 Å². The zero-order valence-electron chi connectivity index (χ0n) is 14.5. The Labute approximate surface area is 154 Å². The van der Waals surface area contributed by atoms with E-state index in [9.17, 15) is 24.9 Å². The highest BCUT2D eigenvalue weighted by molar-refractivity contribution is 6.03. The van der Waals surface area contributed by atoms with Gasteiger partial charge < -0.3 is 15.3 Å². The van der Waals surface area contributed by atoms with E-state index in [1.54, 1.807) is 0 Å². The molecule has 0 radical (unpaired) electrons. The fourth-order valence-corrected chi connectivity index (χ4v) is 2.69. The average molecular weight is 367 g/mol. The molecule has 8 heteroatoms. The molecule has 0 spiro atoms. The third-order valence-corrected chi connectivity index (χ3v) is 4.05. The van der Waals surface area contributed by atoms with Crippen molar-refractivity contribution in [3.05, 3.63) is 53.6 Å². The van der Waals surface area contributed by atoms with E-state index in [0.717, 1.165) is 0 Å². The van der Waals surface area contributed by atoms with Gasteiger partial charge in [0.15, 0.2) is 0 Å². The molecular weight excluding hydrogens is 350 g/mol. The van der Waals surface area contributed by atoms with Crippen molar-refractivity contribution in [2.45, 2.75) is 19.9 Å². The number of rotatable bonds is 4. The molecule has 2 aromatic carbocycles. The van der Waals surface area contributed by atoms with E-state index < -0.39 is 11.8 Å². The second-order valence-corrected chi connectivity index (χ2v) is 5.92. The Morgan fingerprint density at radius 2 is 1.41 bits per heavy atom. The molecule has 3 rings (SSSR count). The maximum Gasteiger partial charge on any atom is 0.295 e. The molecule has 0 fully saturated rings. The molecule has 2 amide bonds. The fourth-order valence-electron chi connectivity index (χ4n) is 2.69. The van der Waals surface area contributed by atoms with Crippen molar-refractivity contribution in [3.63, 3.8) is 0 Å². The summed E-state index contributed by atoms with van der Waals surface area (Å²) >= 11 is 0. The Morgan fingerprint density at radius 3 is 2.04 bits per heavy atom. The number of aromatic hydroxyl groups is 3. The molecule has 0 aliphatic carbocycles. The first-order valence-corrected chi connectivity index (χ1v) is 8.26. The minimum Gasteiger partial charge on any atom is -0.508 e. The Balaban J connectivity index is 1.86. The van der Waals surface area contributed by atoms with Crippen LogP contribution in [0.2, 0.25) is 0 Å². The maximum absolute atomic E-state index is 12.2. The summed E-state index contributed by atoms with van der Waals surface area (Å²) in [5, 5.41) is 37.2. The first kappa shape index (κ1) is 18.1. The van der Waals surface area contributed by atoms with Crippen molar-refractivity contribution in [3.8, 4) is 17.5 Å². The van der Waals surface area contributed by atoms with Gasteiger partial charge >= 0.3 is 0 Å². The number of amides is 2. The molecule has 0 aliphatic heterocycles. The second kappa shape index (κ2) is 7.28. The molecule has 27 heavy (non-hydrogen) atoms. The van der Waals surface area contributed by atoms with E-state index in [0.29, 0.717) is 23.7 Å². The highest BCUT2D eigenvalue weighted by Gasteiger charge is 2.17. The quantitative estimate of drug-likeness (QED) is 0.608. The summed E-state index contributed by atoms with van der Waals surface area (Å²) in [5.41, 5.74) is 0.299. The predicted molar refractivity (Wildman–Crippen MR) is 97.2 cm³/mol. The van der Waals surface area contributed by atoms with Crippen molar-refractivity contribution >= 4 is 22.6 Å². The summed E-state index contributed by atoms with van der Waals surface area (Å²) in [4.78, 5) is 24.1. The highest BCUT2D eigenvalue weighted by atomic mass is 16.3.